The highest BCUT2D eigenvalue weighted by Gasteiger charge is 2.39. The molecule has 0 bridgehead atoms. The Balaban J connectivity index is 1.48. The molecule has 0 N–H and O–H groups in total. The third kappa shape index (κ3) is 6.20. The summed E-state index contributed by atoms with van der Waals surface area (Å²) in [5, 5.41) is 0.844. The van der Waals surface area contributed by atoms with Crippen LogP contribution in [-0.4, -0.2) is 76.8 Å². The smallest absolute Gasteiger partial charge is 0.339 e. The lowest BCUT2D eigenvalue weighted by atomic mass is 9.97. The number of hydrogen-bond donors (Lipinski definition) is 0. The van der Waals surface area contributed by atoms with E-state index in [-0.39, 0.29) is 10.9 Å². The molecule has 1 fully saturated rings. The van der Waals surface area contributed by atoms with Crippen LogP contribution in [0.1, 0.15) is 66.7 Å². The van der Waals surface area contributed by atoms with Gasteiger partial charge in [-0.15, -0.1) is 0 Å². The van der Waals surface area contributed by atoms with Crippen LogP contribution in [0.2, 0.25) is 5.02 Å². The van der Waals surface area contributed by atoms with Gasteiger partial charge in [0.2, 0.25) is 0 Å². The summed E-state index contributed by atoms with van der Waals surface area (Å²) < 4.78 is 27.3. The number of esters is 1. The Bertz CT molecular complexity index is 1800. The second-order valence-electron chi connectivity index (χ2n) is 13.0. The maximum atomic E-state index is 14.5. The molecule has 0 spiro atoms. The summed E-state index contributed by atoms with van der Waals surface area (Å²) in [6.45, 7) is 16.3. The lowest BCUT2D eigenvalue weighted by Gasteiger charge is -2.47. The third-order valence-electron chi connectivity index (χ3n) is 8.66. The first kappa shape index (κ1) is 33.3. The van der Waals surface area contributed by atoms with Crippen molar-refractivity contribution in [3.8, 4) is 11.1 Å². The van der Waals surface area contributed by atoms with Crippen molar-refractivity contribution in [1.29, 1.82) is 0 Å². The minimum Gasteiger partial charge on any atom is -0.465 e. The number of carbonyl (C=O) groups is 2. The Labute approximate surface area is 274 Å². The van der Waals surface area contributed by atoms with E-state index in [0.717, 1.165) is 22.3 Å². The summed E-state index contributed by atoms with van der Waals surface area (Å²) in [6, 6.07) is 10.2. The van der Waals surface area contributed by atoms with E-state index in [1.54, 1.807) is 25.1 Å². The average Bonchev–Trinajstić information content (AvgIpc) is 3.40. The fraction of sp³-hybridized carbons (Fsp3) is 0.429. The number of fused-ring (bicyclic) bond motifs is 1. The normalized spacial score (nSPS) is 15.0. The largest absolute Gasteiger partial charge is 0.465 e. The lowest BCUT2D eigenvalue weighted by molar-refractivity contribution is 0.0506. The zero-order valence-electron chi connectivity index (χ0n) is 27.7. The Morgan fingerprint density at radius 2 is 1.83 bits per heavy atom. The molecule has 4 heterocycles. The number of ether oxygens (including phenoxy) is 2. The van der Waals surface area contributed by atoms with E-state index in [0.29, 0.717) is 61.0 Å². The number of piperazine rings is 1. The predicted molar refractivity (Wildman–Crippen MR) is 178 cm³/mol. The Morgan fingerprint density at radius 1 is 1.09 bits per heavy atom. The first-order valence-electron chi connectivity index (χ1n) is 15.4. The van der Waals surface area contributed by atoms with Crippen LogP contribution >= 0.6 is 11.6 Å². The molecular formula is C35H41ClFN5O4. The van der Waals surface area contributed by atoms with E-state index in [2.05, 4.69) is 4.90 Å². The highest BCUT2D eigenvalue weighted by molar-refractivity contribution is 6.30. The van der Waals surface area contributed by atoms with E-state index < -0.39 is 22.9 Å². The molecule has 0 aliphatic carbocycles. The number of rotatable bonds is 8. The molecule has 1 amide bonds. The fourth-order valence-electron chi connectivity index (χ4n) is 6.25. The van der Waals surface area contributed by atoms with E-state index in [9.17, 15) is 14.0 Å². The van der Waals surface area contributed by atoms with E-state index >= 15 is 0 Å². The van der Waals surface area contributed by atoms with Crippen LogP contribution in [0.25, 0.3) is 22.2 Å². The highest BCUT2D eigenvalue weighted by Crippen LogP contribution is 2.36. The van der Waals surface area contributed by atoms with Gasteiger partial charge in [-0.3, -0.25) is 4.79 Å². The van der Waals surface area contributed by atoms with E-state index in [1.165, 1.54) is 13.2 Å². The van der Waals surface area contributed by atoms with Crippen molar-refractivity contribution in [1.82, 2.24) is 19.4 Å². The molecule has 3 aromatic heterocycles. The molecule has 244 valence electrons. The maximum Gasteiger partial charge on any atom is 0.339 e. The Kier molecular flexibility index (Phi) is 9.16. The number of pyridine rings is 2. The molecule has 46 heavy (non-hydrogen) atoms. The molecule has 0 unspecified atom stereocenters. The number of nitrogens with zero attached hydrogens (tertiary/aromatic N) is 5. The van der Waals surface area contributed by atoms with Gasteiger partial charge in [-0.1, -0.05) is 17.7 Å². The van der Waals surface area contributed by atoms with Gasteiger partial charge in [-0.05, 0) is 89.9 Å². The molecule has 11 heteroatoms. The van der Waals surface area contributed by atoms with Crippen molar-refractivity contribution in [3.05, 3.63) is 75.9 Å². The van der Waals surface area contributed by atoms with Crippen LogP contribution in [0, 0.1) is 19.7 Å². The zero-order chi connectivity index (χ0) is 33.6. The molecule has 0 saturated carbocycles. The third-order valence-corrected chi connectivity index (χ3v) is 8.96. The zero-order valence-corrected chi connectivity index (χ0v) is 28.5. The monoisotopic (exact) mass is 649 g/mol. The number of aryl methyl sites for hydroxylation is 2. The topological polar surface area (TPSA) is 89.8 Å². The van der Waals surface area contributed by atoms with Crippen molar-refractivity contribution in [2.75, 3.05) is 44.9 Å². The second kappa shape index (κ2) is 12.6. The summed E-state index contributed by atoms with van der Waals surface area (Å²) >= 11 is 5.98. The van der Waals surface area contributed by atoms with Gasteiger partial charge in [-0.25, -0.2) is 19.2 Å². The molecule has 5 rings (SSSR count). The van der Waals surface area contributed by atoms with Crippen LogP contribution in [0.3, 0.4) is 0 Å². The molecule has 0 atom stereocenters. The summed E-state index contributed by atoms with van der Waals surface area (Å²) in [6.07, 6.45) is 1.94. The quantitative estimate of drug-likeness (QED) is 0.194. The lowest BCUT2D eigenvalue weighted by Crippen LogP contribution is -2.61. The van der Waals surface area contributed by atoms with Gasteiger partial charge in [0, 0.05) is 43.4 Å². The molecule has 0 radical (unpaired) electrons. The predicted octanol–water partition coefficient (Wildman–Crippen LogP) is 6.81. The van der Waals surface area contributed by atoms with Gasteiger partial charge in [-0.2, -0.15) is 0 Å². The molecular weight excluding hydrogens is 609 g/mol. The van der Waals surface area contributed by atoms with Crippen molar-refractivity contribution >= 4 is 40.3 Å². The summed E-state index contributed by atoms with van der Waals surface area (Å²) in [7, 11) is 1.36. The molecule has 1 aromatic carbocycles. The molecule has 9 nitrogen and oxygen atoms in total. The number of amides is 1. The van der Waals surface area contributed by atoms with Gasteiger partial charge in [0.15, 0.2) is 0 Å². The standard InChI is InChI=1S/C35H41ClFN5O4/c1-9-46-20-35(6,7)42-18-25(23-10-12-26(36)27(37)17-23)24-11-13-28(39-31(24)42)32(43)41-15-14-40(19-34(41,4)5)29-16-21(2)30(22(3)38-29)33(44)45-8/h10-13,16-18H,9,14-15,19-20H2,1-8H3. The Hall–Kier alpha value is -4.02. The number of methoxy groups -OCH3 is 1. The number of carbonyl (C=O) groups excluding carboxylic acids is 2. The number of halogens is 2. The molecule has 1 aliphatic heterocycles. The first-order valence-corrected chi connectivity index (χ1v) is 15.8. The van der Waals surface area contributed by atoms with Crippen molar-refractivity contribution in [2.45, 2.75) is 59.5 Å². The highest BCUT2D eigenvalue weighted by atomic mass is 35.5. The van der Waals surface area contributed by atoms with Crippen molar-refractivity contribution in [3.63, 3.8) is 0 Å². The average molecular weight is 650 g/mol. The van der Waals surface area contributed by atoms with E-state index in [4.69, 9.17) is 31.0 Å². The maximum absolute atomic E-state index is 14.5. The van der Waals surface area contributed by atoms with Crippen LogP contribution < -0.4 is 4.90 Å². The number of aromatic nitrogens is 3. The SMILES string of the molecule is CCOCC(C)(C)n1cc(-c2ccc(Cl)c(F)c2)c2ccc(C(=O)N3CCN(c4cc(C)c(C(=O)OC)c(C)n4)CC3(C)C)nc21. The number of benzene rings is 1. The van der Waals surface area contributed by atoms with Gasteiger partial charge in [0.1, 0.15) is 23.0 Å². The van der Waals surface area contributed by atoms with Gasteiger partial charge >= 0.3 is 5.97 Å². The van der Waals surface area contributed by atoms with Crippen LogP contribution in [0.4, 0.5) is 10.2 Å². The van der Waals surface area contributed by atoms with Crippen LogP contribution in [0.15, 0.2) is 42.6 Å². The van der Waals surface area contributed by atoms with Gasteiger partial charge < -0.3 is 23.8 Å². The van der Waals surface area contributed by atoms with Gasteiger partial charge in [0.25, 0.3) is 5.91 Å². The van der Waals surface area contributed by atoms with Gasteiger partial charge in [0.05, 0.1) is 41.1 Å². The van der Waals surface area contributed by atoms with Crippen LogP contribution in [0.5, 0.6) is 0 Å². The van der Waals surface area contributed by atoms with E-state index in [1.807, 2.05) is 69.3 Å². The fourth-order valence-corrected chi connectivity index (χ4v) is 6.36. The van der Waals surface area contributed by atoms with Crippen molar-refractivity contribution in [2.24, 2.45) is 0 Å². The molecule has 1 aliphatic rings. The van der Waals surface area contributed by atoms with Crippen LogP contribution in [-0.2, 0) is 15.0 Å². The summed E-state index contributed by atoms with van der Waals surface area (Å²) in [5.41, 5.74) is 3.18. The molecule has 4 aromatic rings. The summed E-state index contributed by atoms with van der Waals surface area (Å²) in [4.78, 5) is 40.0. The first-order chi connectivity index (χ1) is 21.7. The van der Waals surface area contributed by atoms with Crippen molar-refractivity contribution < 1.29 is 23.5 Å². The minimum atomic E-state index is -0.557. The molecule has 1 saturated heterocycles. The second-order valence-corrected chi connectivity index (χ2v) is 13.4. The summed E-state index contributed by atoms with van der Waals surface area (Å²) in [5.74, 6) is -0.339. The minimum absolute atomic E-state index is 0.0529. The number of hydrogen-bond acceptors (Lipinski definition) is 7. The number of anilines is 1. The Morgan fingerprint density at radius 3 is 2.46 bits per heavy atom.